The van der Waals surface area contributed by atoms with Crippen LogP contribution in [-0.2, 0) is 10.5 Å². The number of rotatable bonds is 5. The molecule has 17 heavy (non-hydrogen) atoms. The lowest BCUT2D eigenvalue weighted by Gasteiger charge is -2.23. The maximum atomic E-state index is 11.7. The molecule has 1 heterocycles. The number of cyclic esters (lactones) is 1. The number of hydrogen-bond acceptors (Lipinski definition) is 3. The van der Waals surface area contributed by atoms with Gasteiger partial charge in [-0.05, 0) is 12.5 Å². The van der Waals surface area contributed by atoms with Crippen molar-refractivity contribution in [2.75, 3.05) is 0 Å². The molecule has 1 atom stereocenters. The molecule has 3 heteroatoms. The van der Waals surface area contributed by atoms with Crippen molar-refractivity contribution in [2.24, 2.45) is 5.73 Å². The second-order valence-corrected chi connectivity index (χ2v) is 4.64. The van der Waals surface area contributed by atoms with Gasteiger partial charge in [-0.1, -0.05) is 44.4 Å². The van der Waals surface area contributed by atoms with Crippen molar-refractivity contribution in [1.82, 2.24) is 0 Å². The molecule has 0 aliphatic carbocycles. The summed E-state index contributed by atoms with van der Waals surface area (Å²) in [6.45, 7) is 2.17. The lowest BCUT2D eigenvalue weighted by atomic mass is 9.95. The van der Waals surface area contributed by atoms with Gasteiger partial charge in [0.1, 0.15) is 0 Å². The number of hydrogen-bond donors (Lipinski definition) is 1. The topological polar surface area (TPSA) is 52.3 Å². The molecular formula is C14H19NO2. The van der Waals surface area contributed by atoms with Gasteiger partial charge in [0.05, 0.1) is 5.56 Å². The smallest absolute Gasteiger partial charge is 0.340 e. The van der Waals surface area contributed by atoms with Crippen LogP contribution in [0.25, 0.3) is 0 Å². The Kier molecular flexibility index (Phi) is 3.48. The fourth-order valence-electron chi connectivity index (χ4n) is 2.31. The van der Waals surface area contributed by atoms with E-state index < -0.39 is 5.72 Å². The van der Waals surface area contributed by atoms with Crippen molar-refractivity contribution in [1.29, 1.82) is 0 Å². The van der Waals surface area contributed by atoms with E-state index in [9.17, 15) is 4.79 Å². The fourth-order valence-corrected chi connectivity index (χ4v) is 2.31. The molecule has 2 rings (SSSR count). The van der Waals surface area contributed by atoms with Crippen molar-refractivity contribution in [3.63, 3.8) is 0 Å². The van der Waals surface area contributed by atoms with Gasteiger partial charge in [0.25, 0.3) is 0 Å². The largest absolute Gasteiger partial charge is 0.436 e. The molecule has 1 unspecified atom stereocenters. The summed E-state index contributed by atoms with van der Waals surface area (Å²) in [5.41, 5.74) is 6.75. The van der Waals surface area contributed by atoms with Crippen LogP contribution in [0.15, 0.2) is 24.3 Å². The number of carbonyl (C=O) groups is 1. The molecule has 1 aromatic carbocycles. The van der Waals surface area contributed by atoms with Crippen molar-refractivity contribution < 1.29 is 9.53 Å². The monoisotopic (exact) mass is 233 g/mol. The second-order valence-electron chi connectivity index (χ2n) is 4.64. The van der Waals surface area contributed by atoms with Crippen molar-refractivity contribution >= 4 is 5.97 Å². The van der Waals surface area contributed by atoms with Crippen LogP contribution in [0.2, 0.25) is 0 Å². The zero-order chi connectivity index (χ0) is 12.3. The lowest BCUT2D eigenvalue weighted by Crippen LogP contribution is -2.36. The third kappa shape index (κ3) is 2.34. The normalized spacial score (nSPS) is 22.4. The molecule has 1 aliphatic rings. The zero-order valence-electron chi connectivity index (χ0n) is 10.2. The summed E-state index contributed by atoms with van der Waals surface area (Å²) in [6.07, 6.45) is 5.22. The van der Waals surface area contributed by atoms with Crippen molar-refractivity contribution in [2.45, 2.75) is 44.8 Å². The van der Waals surface area contributed by atoms with E-state index in [-0.39, 0.29) is 5.97 Å². The van der Waals surface area contributed by atoms with Gasteiger partial charge in [-0.25, -0.2) is 4.79 Å². The van der Waals surface area contributed by atoms with Crippen LogP contribution in [0.4, 0.5) is 0 Å². The maximum absolute atomic E-state index is 11.7. The van der Waals surface area contributed by atoms with Gasteiger partial charge in [0.2, 0.25) is 0 Å². The molecular weight excluding hydrogens is 214 g/mol. The van der Waals surface area contributed by atoms with Gasteiger partial charge in [-0.3, -0.25) is 5.73 Å². The third-order valence-corrected chi connectivity index (χ3v) is 3.28. The summed E-state index contributed by atoms with van der Waals surface area (Å²) in [5.74, 6) is -0.293. The molecule has 0 saturated carbocycles. The summed E-state index contributed by atoms with van der Waals surface area (Å²) < 4.78 is 5.34. The minimum absolute atomic E-state index is 0.293. The van der Waals surface area contributed by atoms with Gasteiger partial charge in [0.15, 0.2) is 5.72 Å². The second kappa shape index (κ2) is 4.88. The number of benzene rings is 1. The number of nitrogens with two attached hydrogens (primary N) is 1. The Balaban J connectivity index is 2.09. The van der Waals surface area contributed by atoms with Gasteiger partial charge in [-0.2, -0.15) is 0 Å². The zero-order valence-corrected chi connectivity index (χ0v) is 10.2. The SMILES string of the molecule is CCCCCCC1(N)OC(=O)c2ccccc21. The Hall–Kier alpha value is -1.35. The number of esters is 1. The molecule has 0 spiro atoms. The maximum Gasteiger partial charge on any atom is 0.340 e. The van der Waals surface area contributed by atoms with Crippen LogP contribution in [0.3, 0.4) is 0 Å². The Labute approximate surface area is 102 Å². The predicted molar refractivity (Wildman–Crippen MR) is 66.5 cm³/mol. The average molecular weight is 233 g/mol. The van der Waals surface area contributed by atoms with E-state index >= 15 is 0 Å². The average Bonchev–Trinajstić information content (AvgIpc) is 2.59. The van der Waals surface area contributed by atoms with Gasteiger partial charge in [-0.15, -0.1) is 0 Å². The summed E-state index contributed by atoms with van der Waals surface area (Å²) in [4.78, 5) is 11.7. The summed E-state index contributed by atoms with van der Waals surface area (Å²) >= 11 is 0. The van der Waals surface area contributed by atoms with E-state index in [1.807, 2.05) is 18.2 Å². The lowest BCUT2D eigenvalue weighted by molar-refractivity contribution is -0.0108. The molecule has 2 N–H and O–H groups in total. The van der Waals surface area contributed by atoms with E-state index in [2.05, 4.69) is 6.92 Å². The number of unbranched alkanes of at least 4 members (excludes halogenated alkanes) is 3. The van der Waals surface area contributed by atoms with Gasteiger partial charge >= 0.3 is 5.97 Å². The van der Waals surface area contributed by atoms with Gasteiger partial charge < -0.3 is 4.74 Å². The highest BCUT2D eigenvalue weighted by molar-refractivity contribution is 5.94. The summed E-state index contributed by atoms with van der Waals surface area (Å²) in [6, 6.07) is 7.40. The molecule has 1 aliphatic heterocycles. The third-order valence-electron chi connectivity index (χ3n) is 3.28. The Morgan fingerprint density at radius 1 is 1.24 bits per heavy atom. The Bertz CT molecular complexity index is 416. The molecule has 0 fully saturated rings. The van der Waals surface area contributed by atoms with Crippen molar-refractivity contribution in [3.8, 4) is 0 Å². The standard InChI is InChI=1S/C14H19NO2/c1-2-3-4-7-10-14(15)12-9-6-5-8-11(12)13(16)17-14/h5-6,8-9H,2-4,7,10,15H2,1H3. The summed E-state index contributed by atoms with van der Waals surface area (Å²) in [5, 5.41) is 0. The van der Waals surface area contributed by atoms with Crippen LogP contribution in [0.1, 0.15) is 54.9 Å². The van der Waals surface area contributed by atoms with Gasteiger partial charge in [0, 0.05) is 12.0 Å². The van der Waals surface area contributed by atoms with E-state index in [0.717, 1.165) is 18.4 Å². The Morgan fingerprint density at radius 2 is 2.00 bits per heavy atom. The summed E-state index contributed by atoms with van der Waals surface area (Å²) in [7, 11) is 0. The first kappa shape index (κ1) is 12.1. The number of ether oxygens (including phenoxy) is 1. The highest BCUT2D eigenvalue weighted by atomic mass is 16.6. The molecule has 0 radical (unpaired) electrons. The first-order valence-corrected chi connectivity index (χ1v) is 6.29. The molecule has 92 valence electrons. The predicted octanol–water partition coefficient (Wildman–Crippen LogP) is 2.94. The van der Waals surface area contributed by atoms with Crippen LogP contribution < -0.4 is 5.73 Å². The highest BCUT2D eigenvalue weighted by Gasteiger charge is 2.41. The highest BCUT2D eigenvalue weighted by Crippen LogP contribution is 2.35. The molecule has 0 aromatic heterocycles. The number of fused-ring (bicyclic) bond motifs is 1. The van der Waals surface area contributed by atoms with Crippen LogP contribution in [-0.4, -0.2) is 5.97 Å². The van der Waals surface area contributed by atoms with Crippen molar-refractivity contribution in [3.05, 3.63) is 35.4 Å². The van der Waals surface area contributed by atoms with E-state index in [1.165, 1.54) is 12.8 Å². The molecule has 0 bridgehead atoms. The fraction of sp³-hybridized carbons (Fsp3) is 0.500. The minimum Gasteiger partial charge on any atom is -0.436 e. The molecule has 0 amide bonds. The minimum atomic E-state index is -0.901. The van der Waals surface area contributed by atoms with E-state index in [4.69, 9.17) is 10.5 Å². The van der Waals surface area contributed by atoms with E-state index in [0.29, 0.717) is 12.0 Å². The van der Waals surface area contributed by atoms with E-state index in [1.54, 1.807) is 6.07 Å². The quantitative estimate of drug-likeness (QED) is 0.628. The first-order chi connectivity index (χ1) is 8.17. The first-order valence-electron chi connectivity index (χ1n) is 6.29. The van der Waals surface area contributed by atoms with Crippen LogP contribution in [0, 0.1) is 0 Å². The van der Waals surface area contributed by atoms with Crippen LogP contribution >= 0.6 is 0 Å². The Morgan fingerprint density at radius 3 is 2.76 bits per heavy atom. The van der Waals surface area contributed by atoms with Crippen LogP contribution in [0.5, 0.6) is 0 Å². The number of carbonyl (C=O) groups excluding carboxylic acids is 1. The molecule has 1 aromatic rings. The molecule has 0 saturated heterocycles. The molecule has 3 nitrogen and oxygen atoms in total.